The van der Waals surface area contributed by atoms with Gasteiger partial charge in [-0.15, -0.1) is 0 Å². The van der Waals surface area contributed by atoms with Crippen molar-refractivity contribution in [2.75, 3.05) is 13.8 Å². The highest BCUT2D eigenvalue weighted by Gasteiger charge is 2.33. The molecule has 0 fully saturated rings. The van der Waals surface area contributed by atoms with Crippen LogP contribution in [-0.2, 0) is 13.1 Å². The fourth-order valence-electron chi connectivity index (χ4n) is 4.20. The van der Waals surface area contributed by atoms with E-state index in [1.165, 1.54) is 5.56 Å². The molecule has 2 aliphatic rings. The number of carbonyl (C=O) groups is 1. The Morgan fingerprint density at radius 3 is 2.72 bits per heavy atom. The van der Waals surface area contributed by atoms with Crippen LogP contribution in [0.5, 0.6) is 17.2 Å². The van der Waals surface area contributed by atoms with Crippen molar-refractivity contribution in [3.8, 4) is 17.2 Å². The zero-order chi connectivity index (χ0) is 22.2. The number of fused-ring (bicyclic) bond motifs is 2. The quantitative estimate of drug-likeness (QED) is 0.435. The Morgan fingerprint density at radius 2 is 1.94 bits per heavy atom. The van der Waals surface area contributed by atoms with Gasteiger partial charge in [0.05, 0.1) is 12.7 Å². The van der Waals surface area contributed by atoms with Crippen LogP contribution in [0.3, 0.4) is 0 Å². The number of methoxy groups -OCH3 is 1. The molecule has 0 bridgehead atoms. The molecule has 2 heterocycles. The van der Waals surface area contributed by atoms with E-state index in [1.54, 1.807) is 13.2 Å². The first-order chi connectivity index (χ1) is 15.5. The van der Waals surface area contributed by atoms with Gasteiger partial charge in [0.1, 0.15) is 24.0 Å². The molecule has 0 aromatic heterocycles. The van der Waals surface area contributed by atoms with Crippen molar-refractivity contribution >= 4 is 27.8 Å². The average molecular weight is 492 g/mol. The molecular formula is C26H22BrNO4. The smallest absolute Gasteiger partial charge is 0.231 e. The number of halogens is 1. The van der Waals surface area contributed by atoms with Crippen molar-refractivity contribution in [3.05, 3.63) is 92.6 Å². The number of allylic oxidation sites excluding steroid dienone is 1. The fraction of sp³-hybridized carbons (Fsp3) is 0.192. The highest BCUT2D eigenvalue weighted by atomic mass is 79.9. The van der Waals surface area contributed by atoms with Gasteiger partial charge in [-0.1, -0.05) is 46.3 Å². The Bertz CT molecular complexity index is 1240. The summed E-state index contributed by atoms with van der Waals surface area (Å²) in [5.41, 5.74) is 4.43. The lowest BCUT2D eigenvalue weighted by molar-refractivity contribution is 0.0876. The molecule has 0 N–H and O–H groups in total. The van der Waals surface area contributed by atoms with Gasteiger partial charge in [0.2, 0.25) is 5.78 Å². The summed E-state index contributed by atoms with van der Waals surface area (Å²) in [6.07, 6.45) is 1.73. The summed E-state index contributed by atoms with van der Waals surface area (Å²) in [4.78, 5) is 15.4. The molecule has 0 unspecified atom stereocenters. The van der Waals surface area contributed by atoms with Gasteiger partial charge in [0, 0.05) is 34.3 Å². The van der Waals surface area contributed by atoms with Gasteiger partial charge in [-0.25, -0.2) is 0 Å². The van der Waals surface area contributed by atoms with E-state index >= 15 is 0 Å². The van der Waals surface area contributed by atoms with Gasteiger partial charge in [0.25, 0.3) is 0 Å². The summed E-state index contributed by atoms with van der Waals surface area (Å²) >= 11 is 3.47. The summed E-state index contributed by atoms with van der Waals surface area (Å²) in [7, 11) is 1.61. The highest BCUT2D eigenvalue weighted by Crippen LogP contribution is 2.43. The van der Waals surface area contributed by atoms with Crippen molar-refractivity contribution in [1.82, 2.24) is 4.90 Å². The molecule has 162 valence electrons. The van der Waals surface area contributed by atoms with Crippen LogP contribution in [0.1, 0.15) is 32.6 Å². The molecule has 5 rings (SSSR count). The van der Waals surface area contributed by atoms with Crippen molar-refractivity contribution in [2.24, 2.45) is 0 Å². The van der Waals surface area contributed by atoms with Crippen molar-refractivity contribution in [2.45, 2.75) is 20.0 Å². The predicted octanol–water partition coefficient (Wildman–Crippen LogP) is 5.73. The first-order valence-corrected chi connectivity index (χ1v) is 11.2. The average Bonchev–Trinajstić information content (AvgIpc) is 3.10. The van der Waals surface area contributed by atoms with Crippen LogP contribution in [0, 0.1) is 6.92 Å². The Kier molecular flexibility index (Phi) is 5.49. The molecule has 3 aromatic carbocycles. The predicted molar refractivity (Wildman–Crippen MR) is 126 cm³/mol. The second kappa shape index (κ2) is 8.45. The first-order valence-electron chi connectivity index (χ1n) is 10.4. The van der Waals surface area contributed by atoms with Gasteiger partial charge in [0.15, 0.2) is 5.76 Å². The maximum Gasteiger partial charge on any atom is 0.231 e. The zero-order valence-corrected chi connectivity index (χ0v) is 19.4. The lowest BCUT2D eigenvalue weighted by Gasteiger charge is -2.30. The SMILES string of the molecule is COc1ccc(Br)cc1/C=C1\Oc2c(cc3c(c2C)OCN(Cc2ccccc2)C3)C1=O. The summed E-state index contributed by atoms with van der Waals surface area (Å²) in [6.45, 7) is 3.94. The normalized spacial score (nSPS) is 16.3. The van der Waals surface area contributed by atoms with Gasteiger partial charge in [-0.2, -0.15) is 0 Å². The topological polar surface area (TPSA) is 48.0 Å². The molecule has 0 amide bonds. The molecule has 0 atom stereocenters. The number of hydrogen-bond donors (Lipinski definition) is 0. The van der Waals surface area contributed by atoms with Crippen LogP contribution in [0.2, 0.25) is 0 Å². The minimum atomic E-state index is -0.131. The lowest BCUT2D eigenvalue weighted by Crippen LogP contribution is -2.32. The second-order valence-electron chi connectivity index (χ2n) is 7.94. The van der Waals surface area contributed by atoms with Crippen molar-refractivity contribution < 1.29 is 19.0 Å². The van der Waals surface area contributed by atoms with E-state index in [-0.39, 0.29) is 11.5 Å². The number of Topliss-reactive ketones (excluding diaryl/α,β-unsaturated/α-hetero) is 1. The second-order valence-corrected chi connectivity index (χ2v) is 8.85. The van der Waals surface area contributed by atoms with E-state index in [4.69, 9.17) is 14.2 Å². The van der Waals surface area contributed by atoms with Crippen molar-refractivity contribution in [3.63, 3.8) is 0 Å². The van der Waals surface area contributed by atoms with E-state index in [0.717, 1.165) is 33.5 Å². The van der Waals surface area contributed by atoms with Crippen LogP contribution in [0.4, 0.5) is 0 Å². The van der Waals surface area contributed by atoms with Gasteiger partial charge < -0.3 is 14.2 Å². The highest BCUT2D eigenvalue weighted by molar-refractivity contribution is 9.10. The Balaban J connectivity index is 1.45. The molecule has 0 saturated carbocycles. The molecule has 0 spiro atoms. The molecule has 6 heteroatoms. The molecule has 0 radical (unpaired) electrons. The van der Waals surface area contributed by atoms with E-state index in [9.17, 15) is 4.79 Å². The standard InChI is InChI=1S/C26H22BrNO4/c1-16-25-19(14-28(15-31-25)13-17-6-4-3-5-7-17)11-21-24(29)23(32-26(16)21)12-18-10-20(27)8-9-22(18)30-2/h3-12H,13-15H2,1-2H3/b23-12-. The molecule has 0 aliphatic carbocycles. The third kappa shape index (κ3) is 3.80. The van der Waals surface area contributed by atoms with Crippen LogP contribution >= 0.6 is 15.9 Å². The minimum absolute atomic E-state index is 0.131. The van der Waals surface area contributed by atoms with E-state index in [2.05, 4.69) is 33.0 Å². The van der Waals surface area contributed by atoms with E-state index in [0.29, 0.717) is 30.3 Å². The molecule has 3 aromatic rings. The van der Waals surface area contributed by atoms with E-state index in [1.807, 2.05) is 49.4 Å². The molecule has 5 nitrogen and oxygen atoms in total. The van der Waals surface area contributed by atoms with Crippen LogP contribution in [0.15, 0.2) is 64.8 Å². The molecule has 0 saturated heterocycles. The summed E-state index contributed by atoms with van der Waals surface area (Å²) in [5, 5.41) is 0. The Hall–Kier alpha value is -3.09. The summed E-state index contributed by atoms with van der Waals surface area (Å²) < 4.78 is 18.4. The maximum absolute atomic E-state index is 13.2. The van der Waals surface area contributed by atoms with Gasteiger partial charge in [-0.05, 0) is 42.8 Å². The molecule has 2 aliphatic heterocycles. The largest absolute Gasteiger partial charge is 0.496 e. The van der Waals surface area contributed by atoms with E-state index < -0.39 is 0 Å². The monoisotopic (exact) mass is 491 g/mol. The third-order valence-corrected chi connectivity index (χ3v) is 6.22. The number of ether oxygens (including phenoxy) is 3. The van der Waals surface area contributed by atoms with Crippen LogP contribution < -0.4 is 14.2 Å². The minimum Gasteiger partial charge on any atom is -0.496 e. The first kappa shape index (κ1) is 20.8. The number of nitrogens with zero attached hydrogens (tertiary/aromatic N) is 1. The number of ketones is 1. The number of rotatable bonds is 4. The summed E-state index contributed by atoms with van der Waals surface area (Å²) in [5.74, 6) is 2.20. The fourth-order valence-corrected chi connectivity index (χ4v) is 4.58. The number of hydrogen-bond acceptors (Lipinski definition) is 5. The van der Waals surface area contributed by atoms with Crippen LogP contribution in [-0.4, -0.2) is 24.5 Å². The molecule has 32 heavy (non-hydrogen) atoms. The van der Waals surface area contributed by atoms with Gasteiger partial charge in [-0.3, -0.25) is 9.69 Å². The van der Waals surface area contributed by atoms with Crippen molar-refractivity contribution in [1.29, 1.82) is 0 Å². The maximum atomic E-state index is 13.2. The lowest BCUT2D eigenvalue weighted by atomic mass is 9.99. The zero-order valence-electron chi connectivity index (χ0n) is 17.9. The number of carbonyl (C=O) groups excluding carboxylic acids is 1. The number of benzene rings is 3. The Morgan fingerprint density at radius 1 is 1.12 bits per heavy atom. The van der Waals surface area contributed by atoms with Gasteiger partial charge >= 0.3 is 0 Å². The van der Waals surface area contributed by atoms with Crippen LogP contribution in [0.25, 0.3) is 6.08 Å². The third-order valence-electron chi connectivity index (χ3n) is 5.73. The summed E-state index contributed by atoms with van der Waals surface area (Å²) in [6, 6.07) is 17.8. The molecular weight excluding hydrogens is 470 g/mol. The Labute approximate surface area is 195 Å².